The number of nitrogens with zero attached hydrogens (tertiary/aromatic N) is 2. The van der Waals surface area contributed by atoms with Gasteiger partial charge in [0.1, 0.15) is 0 Å². The number of hydrogen-bond donors (Lipinski definition) is 1. The third-order valence-electron chi connectivity index (χ3n) is 2.76. The molecule has 0 saturated heterocycles. The first-order chi connectivity index (χ1) is 8.72. The van der Waals surface area contributed by atoms with Crippen molar-refractivity contribution in [3.05, 3.63) is 39.8 Å². The molecule has 0 aliphatic heterocycles. The number of benzene rings is 1. The lowest BCUT2D eigenvalue weighted by Gasteiger charge is -2.12. The largest absolute Gasteiger partial charge is 0.378 e. The van der Waals surface area contributed by atoms with Crippen LogP contribution in [0.3, 0.4) is 0 Å². The highest BCUT2D eigenvalue weighted by Crippen LogP contribution is 2.27. The number of aromatic nitrogens is 2. The first kappa shape index (κ1) is 11.6. The van der Waals surface area contributed by atoms with Crippen LogP contribution in [0.4, 0.5) is 5.69 Å². The van der Waals surface area contributed by atoms with E-state index in [1.807, 2.05) is 18.6 Å². The van der Waals surface area contributed by atoms with Crippen LogP contribution in [-0.4, -0.2) is 9.97 Å². The fourth-order valence-corrected chi connectivity index (χ4v) is 3.38. The van der Waals surface area contributed by atoms with Crippen LogP contribution < -0.4 is 5.32 Å². The van der Waals surface area contributed by atoms with Gasteiger partial charge in [-0.25, -0.2) is 4.98 Å². The molecule has 1 N–H and O–H groups in total. The summed E-state index contributed by atoms with van der Waals surface area (Å²) in [5.41, 5.74) is 4.07. The number of nitrogens with one attached hydrogen (secondary N) is 1. The molecule has 0 saturated carbocycles. The molecule has 0 bridgehead atoms. The molecule has 0 radical (unpaired) electrons. The molecule has 1 unspecified atom stereocenters. The average molecular weight is 275 g/mol. The predicted molar refractivity (Wildman–Crippen MR) is 78.5 cm³/mol. The maximum absolute atomic E-state index is 4.47. The van der Waals surface area contributed by atoms with Gasteiger partial charge < -0.3 is 5.32 Å². The number of aryl methyl sites for hydroxylation is 1. The van der Waals surface area contributed by atoms with Gasteiger partial charge in [-0.2, -0.15) is 0 Å². The Morgan fingerprint density at radius 2 is 2.22 bits per heavy atom. The summed E-state index contributed by atoms with van der Waals surface area (Å²) in [6.45, 7) is 4.19. The third kappa shape index (κ3) is 2.23. The first-order valence-corrected chi connectivity index (χ1v) is 7.44. The van der Waals surface area contributed by atoms with Crippen molar-refractivity contribution in [2.75, 3.05) is 5.32 Å². The second-order valence-corrected chi connectivity index (χ2v) is 6.34. The lowest BCUT2D eigenvalue weighted by Crippen LogP contribution is -2.04. The summed E-state index contributed by atoms with van der Waals surface area (Å²) in [5.74, 6) is 0. The van der Waals surface area contributed by atoms with Crippen LogP contribution in [0.2, 0.25) is 0 Å². The normalized spacial score (nSPS) is 12.8. The second-order valence-electron chi connectivity index (χ2n) is 4.19. The highest BCUT2D eigenvalue weighted by atomic mass is 32.1. The Labute approximate surface area is 114 Å². The van der Waals surface area contributed by atoms with E-state index >= 15 is 0 Å². The Morgan fingerprint density at radius 1 is 1.33 bits per heavy atom. The molecule has 3 nitrogen and oxygen atoms in total. The van der Waals surface area contributed by atoms with Crippen LogP contribution in [0.5, 0.6) is 0 Å². The molecule has 3 rings (SSSR count). The van der Waals surface area contributed by atoms with Gasteiger partial charge in [0.15, 0.2) is 0 Å². The van der Waals surface area contributed by atoms with Gasteiger partial charge in [-0.1, -0.05) is 0 Å². The molecule has 0 aliphatic carbocycles. The summed E-state index contributed by atoms with van der Waals surface area (Å²) >= 11 is 3.40. The Hall–Kier alpha value is -1.46. The van der Waals surface area contributed by atoms with E-state index in [0.717, 1.165) is 16.2 Å². The van der Waals surface area contributed by atoms with Crippen molar-refractivity contribution in [1.82, 2.24) is 9.97 Å². The molecule has 0 amide bonds. The predicted octanol–water partition coefficient (Wildman–Crippen LogP) is 4.23. The number of fused-ring (bicyclic) bond motifs is 1. The van der Waals surface area contributed by atoms with Crippen LogP contribution in [0.15, 0.2) is 29.9 Å². The molecule has 92 valence electrons. The highest BCUT2D eigenvalue weighted by molar-refractivity contribution is 7.18. The summed E-state index contributed by atoms with van der Waals surface area (Å²) in [6.07, 6.45) is 1.91. The van der Waals surface area contributed by atoms with E-state index in [0.29, 0.717) is 0 Å². The number of thiazole rings is 2. The minimum Gasteiger partial charge on any atom is -0.378 e. The van der Waals surface area contributed by atoms with Gasteiger partial charge in [0.25, 0.3) is 0 Å². The molecule has 0 fully saturated rings. The van der Waals surface area contributed by atoms with E-state index < -0.39 is 0 Å². The van der Waals surface area contributed by atoms with Gasteiger partial charge in [0.05, 0.1) is 26.8 Å². The van der Waals surface area contributed by atoms with E-state index in [-0.39, 0.29) is 6.04 Å². The fraction of sp³-hybridized carbons (Fsp3) is 0.231. The van der Waals surface area contributed by atoms with E-state index in [1.165, 1.54) is 9.58 Å². The lowest BCUT2D eigenvalue weighted by molar-refractivity contribution is 0.904. The number of rotatable bonds is 3. The third-order valence-corrected chi connectivity index (χ3v) is 4.65. The molecular weight excluding hydrogens is 262 g/mol. The van der Waals surface area contributed by atoms with Crippen LogP contribution >= 0.6 is 22.7 Å². The van der Waals surface area contributed by atoms with Crippen LogP contribution in [0.25, 0.3) is 10.2 Å². The quantitative estimate of drug-likeness (QED) is 0.777. The van der Waals surface area contributed by atoms with Gasteiger partial charge in [-0.05, 0) is 32.0 Å². The van der Waals surface area contributed by atoms with E-state index in [4.69, 9.17) is 0 Å². The van der Waals surface area contributed by atoms with Crippen molar-refractivity contribution in [3.8, 4) is 0 Å². The van der Waals surface area contributed by atoms with Gasteiger partial charge in [0.2, 0.25) is 0 Å². The molecule has 0 spiro atoms. The van der Waals surface area contributed by atoms with Crippen molar-refractivity contribution in [2.24, 2.45) is 0 Å². The topological polar surface area (TPSA) is 37.8 Å². The summed E-state index contributed by atoms with van der Waals surface area (Å²) in [7, 11) is 0. The number of hydrogen-bond acceptors (Lipinski definition) is 5. The summed E-state index contributed by atoms with van der Waals surface area (Å²) < 4.78 is 1.23. The Balaban J connectivity index is 1.86. The van der Waals surface area contributed by atoms with Gasteiger partial charge in [-0.3, -0.25) is 4.98 Å². The minimum atomic E-state index is 0.281. The van der Waals surface area contributed by atoms with Crippen molar-refractivity contribution in [3.63, 3.8) is 0 Å². The van der Waals surface area contributed by atoms with Gasteiger partial charge >= 0.3 is 0 Å². The Morgan fingerprint density at radius 3 is 3.00 bits per heavy atom. The van der Waals surface area contributed by atoms with Crippen molar-refractivity contribution >= 4 is 38.6 Å². The minimum absolute atomic E-state index is 0.281. The van der Waals surface area contributed by atoms with Crippen molar-refractivity contribution in [2.45, 2.75) is 19.9 Å². The lowest BCUT2D eigenvalue weighted by atomic mass is 10.2. The van der Waals surface area contributed by atoms with E-state index in [1.54, 1.807) is 22.7 Å². The molecule has 18 heavy (non-hydrogen) atoms. The average Bonchev–Trinajstić information content (AvgIpc) is 2.95. The summed E-state index contributed by atoms with van der Waals surface area (Å²) in [6, 6.07) is 6.60. The SMILES string of the molecule is Cc1nc2ccc(NC(C)c3cncs3)cc2s1. The van der Waals surface area contributed by atoms with Gasteiger partial charge in [-0.15, -0.1) is 22.7 Å². The van der Waals surface area contributed by atoms with Gasteiger partial charge in [0, 0.05) is 16.8 Å². The molecule has 1 atom stereocenters. The van der Waals surface area contributed by atoms with Crippen LogP contribution in [0, 0.1) is 6.92 Å². The maximum Gasteiger partial charge on any atom is 0.0907 e. The smallest absolute Gasteiger partial charge is 0.0907 e. The first-order valence-electron chi connectivity index (χ1n) is 5.74. The molecule has 3 aromatic rings. The van der Waals surface area contributed by atoms with E-state index in [2.05, 4.69) is 40.4 Å². The zero-order valence-corrected chi connectivity index (χ0v) is 11.8. The molecule has 1 aromatic carbocycles. The molecule has 0 aliphatic rings. The monoisotopic (exact) mass is 275 g/mol. The standard InChI is InChI=1S/C13H13N3S2/c1-8(13-6-14-7-17-13)15-10-3-4-11-12(5-10)18-9(2)16-11/h3-8,15H,1-2H3. The van der Waals surface area contributed by atoms with Crippen molar-refractivity contribution in [1.29, 1.82) is 0 Å². The maximum atomic E-state index is 4.47. The highest BCUT2D eigenvalue weighted by Gasteiger charge is 2.08. The second kappa shape index (κ2) is 4.66. The van der Waals surface area contributed by atoms with Crippen LogP contribution in [0.1, 0.15) is 22.9 Å². The molecular formula is C13H13N3S2. The van der Waals surface area contributed by atoms with E-state index in [9.17, 15) is 0 Å². The molecule has 2 heterocycles. The Kier molecular flexibility index (Phi) is 3.01. The Bertz CT molecular complexity index is 658. The fourth-order valence-electron chi connectivity index (χ4n) is 1.89. The molecule has 2 aromatic heterocycles. The number of anilines is 1. The molecule has 5 heteroatoms. The van der Waals surface area contributed by atoms with Crippen molar-refractivity contribution < 1.29 is 0 Å². The summed E-state index contributed by atoms with van der Waals surface area (Å²) in [4.78, 5) is 9.82. The summed E-state index contributed by atoms with van der Waals surface area (Å²) in [5, 5.41) is 4.60. The zero-order valence-electron chi connectivity index (χ0n) is 10.2. The zero-order chi connectivity index (χ0) is 12.5. The van der Waals surface area contributed by atoms with Crippen LogP contribution in [-0.2, 0) is 0 Å².